The van der Waals surface area contributed by atoms with Gasteiger partial charge in [0.15, 0.2) is 0 Å². The summed E-state index contributed by atoms with van der Waals surface area (Å²) in [6, 6.07) is 3.68. The molecular weight excluding hydrogens is 493 g/mol. The molecule has 1 aliphatic heterocycles. The first-order valence-electron chi connectivity index (χ1n) is 12.6. The zero-order valence-corrected chi connectivity index (χ0v) is 21.9. The quantitative estimate of drug-likeness (QED) is 0.619. The van der Waals surface area contributed by atoms with Crippen molar-refractivity contribution in [3.63, 3.8) is 0 Å². The largest absolute Gasteiger partial charge is 0.416 e. The lowest BCUT2D eigenvalue weighted by Crippen LogP contribution is -2.53. The molecule has 8 nitrogen and oxygen atoms in total. The fourth-order valence-electron chi connectivity index (χ4n) is 4.42. The molecule has 1 aromatic rings. The highest BCUT2D eigenvalue weighted by Gasteiger charge is 2.34. The second-order valence-corrected chi connectivity index (χ2v) is 9.90. The van der Waals surface area contributed by atoms with Gasteiger partial charge in [0.05, 0.1) is 12.2 Å². The first-order chi connectivity index (χ1) is 17.3. The molecule has 1 fully saturated rings. The van der Waals surface area contributed by atoms with Crippen LogP contribution in [0.4, 0.5) is 13.2 Å². The van der Waals surface area contributed by atoms with E-state index in [1.807, 2.05) is 13.8 Å². The van der Waals surface area contributed by atoms with Crippen LogP contribution in [0.3, 0.4) is 0 Å². The van der Waals surface area contributed by atoms with Crippen LogP contribution in [0.2, 0.25) is 0 Å². The first kappa shape index (κ1) is 31.0. The summed E-state index contributed by atoms with van der Waals surface area (Å²) in [7, 11) is 1.37. The number of carbonyl (C=O) groups is 2. The van der Waals surface area contributed by atoms with E-state index < -0.39 is 42.0 Å². The molecule has 0 saturated carbocycles. The lowest BCUT2D eigenvalue weighted by molar-refractivity contribution is -0.138. The highest BCUT2D eigenvalue weighted by molar-refractivity contribution is 5.94. The van der Waals surface area contributed by atoms with Crippen LogP contribution < -0.4 is 0 Å². The summed E-state index contributed by atoms with van der Waals surface area (Å²) >= 11 is 0. The molecule has 0 spiro atoms. The molecule has 2 rings (SSSR count). The van der Waals surface area contributed by atoms with Crippen molar-refractivity contribution in [2.45, 2.75) is 70.6 Å². The Kier molecular flexibility index (Phi) is 11.8. The number of aliphatic hydroxyl groups excluding tert-OH is 2. The second-order valence-electron chi connectivity index (χ2n) is 9.90. The minimum atomic E-state index is -4.51. The summed E-state index contributed by atoms with van der Waals surface area (Å²) in [5.41, 5.74) is -0.711. The summed E-state index contributed by atoms with van der Waals surface area (Å²) in [4.78, 5) is 29.3. The Bertz CT molecular complexity index is 865. The standard InChI is InChI=1S/C26H39F3N2O6/c1-17(2)13-21-14-30(18(3)32)15-23(36-4)24(34)22(33)16-37-12-6-5-11-31(21)25(35)19-7-9-20(10-8-19)26(27,28)29/h7-10,17,21-24,33-34H,5-6,11-16H2,1-4H3/t21-,22+,23+,24+/m0/s1. The molecule has 0 bridgehead atoms. The molecular formula is C26H39F3N2O6. The zero-order chi connectivity index (χ0) is 27.8. The molecule has 2 amide bonds. The first-order valence-corrected chi connectivity index (χ1v) is 12.6. The predicted octanol–water partition coefficient (Wildman–Crippen LogP) is 2.96. The van der Waals surface area contributed by atoms with Gasteiger partial charge in [-0.05, 0) is 49.4 Å². The van der Waals surface area contributed by atoms with Crippen LogP contribution in [0.1, 0.15) is 56.0 Å². The third-order valence-corrected chi connectivity index (χ3v) is 6.49. The SMILES string of the molecule is CO[C@@H]1CN(C(C)=O)C[C@H](CC(C)C)N(C(=O)c2ccc(C(F)(F)F)cc2)CCCCOC[C@@H](O)[C@H]1O. The molecule has 210 valence electrons. The van der Waals surface area contributed by atoms with Crippen molar-refractivity contribution in [3.8, 4) is 0 Å². The molecule has 37 heavy (non-hydrogen) atoms. The van der Waals surface area contributed by atoms with Crippen LogP contribution in [0, 0.1) is 5.92 Å². The van der Waals surface area contributed by atoms with Crippen LogP contribution in [-0.4, -0.2) is 96.1 Å². The Morgan fingerprint density at radius 3 is 2.32 bits per heavy atom. The molecule has 1 aliphatic rings. The van der Waals surface area contributed by atoms with Crippen molar-refractivity contribution in [3.05, 3.63) is 35.4 Å². The highest BCUT2D eigenvalue weighted by Crippen LogP contribution is 2.29. The predicted molar refractivity (Wildman–Crippen MR) is 131 cm³/mol. The van der Waals surface area contributed by atoms with Gasteiger partial charge in [0.1, 0.15) is 18.3 Å². The number of amides is 2. The number of benzene rings is 1. The lowest BCUT2D eigenvalue weighted by Gasteiger charge is -2.38. The maximum absolute atomic E-state index is 13.6. The molecule has 2 N–H and O–H groups in total. The minimum absolute atomic E-state index is 0.0268. The van der Waals surface area contributed by atoms with Crippen LogP contribution in [0.15, 0.2) is 24.3 Å². The topological polar surface area (TPSA) is 99.5 Å². The van der Waals surface area contributed by atoms with Gasteiger partial charge >= 0.3 is 6.18 Å². The number of methoxy groups -OCH3 is 1. The van der Waals surface area contributed by atoms with E-state index in [1.165, 1.54) is 31.1 Å². The maximum Gasteiger partial charge on any atom is 0.416 e. The van der Waals surface area contributed by atoms with E-state index in [4.69, 9.17) is 9.47 Å². The fraction of sp³-hybridized carbons (Fsp3) is 0.692. The zero-order valence-electron chi connectivity index (χ0n) is 21.9. The molecule has 4 atom stereocenters. The van der Waals surface area contributed by atoms with Crippen molar-refractivity contribution < 1.29 is 42.4 Å². The summed E-state index contributed by atoms with van der Waals surface area (Å²) in [5.74, 6) is -0.577. The molecule has 0 unspecified atom stereocenters. The number of halogens is 3. The molecule has 1 heterocycles. The van der Waals surface area contributed by atoms with Gasteiger partial charge in [0.2, 0.25) is 5.91 Å². The number of rotatable bonds is 4. The number of aliphatic hydroxyl groups is 2. The van der Waals surface area contributed by atoms with Gasteiger partial charge in [-0.2, -0.15) is 13.2 Å². The van der Waals surface area contributed by atoms with E-state index in [9.17, 15) is 33.0 Å². The summed E-state index contributed by atoms with van der Waals surface area (Å²) in [5, 5.41) is 20.9. The van der Waals surface area contributed by atoms with Gasteiger partial charge < -0.3 is 29.5 Å². The van der Waals surface area contributed by atoms with Crippen molar-refractivity contribution in [1.82, 2.24) is 9.80 Å². The minimum Gasteiger partial charge on any atom is -0.388 e. The highest BCUT2D eigenvalue weighted by atomic mass is 19.4. The van der Waals surface area contributed by atoms with Gasteiger partial charge in [-0.1, -0.05) is 13.8 Å². The van der Waals surface area contributed by atoms with Crippen LogP contribution >= 0.6 is 0 Å². The average molecular weight is 533 g/mol. The second kappa shape index (κ2) is 14.1. The number of alkyl halides is 3. The monoisotopic (exact) mass is 532 g/mol. The Labute approximate surface area is 216 Å². The van der Waals surface area contributed by atoms with Crippen molar-refractivity contribution in [2.24, 2.45) is 5.92 Å². The number of ether oxygens (including phenoxy) is 2. The summed E-state index contributed by atoms with van der Waals surface area (Å²) in [6.45, 7) is 5.93. The normalized spacial score (nSPS) is 25.1. The molecule has 1 aromatic carbocycles. The Balaban J connectivity index is 2.42. The van der Waals surface area contributed by atoms with Gasteiger partial charge in [0.25, 0.3) is 5.91 Å². The maximum atomic E-state index is 13.6. The van der Waals surface area contributed by atoms with Crippen molar-refractivity contribution in [2.75, 3.05) is 40.0 Å². The average Bonchev–Trinajstić information content (AvgIpc) is 2.83. The number of hydrogen-bond donors (Lipinski definition) is 2. The molecule has 1 saturated heterocycles. The number of nitrogens with zero attached hydrogens (tertiary/aromatic N) is 2. The van der Waals surface area contributed by atoms with Crippen LogP contribution in [-0.2, 0) is 20.4 Å². The van der Waals surface area contributed by atoms with Crippen LogP contribution in [0.5, 0.6) is 0 Å². The van der Waals surface area contributed by atoms with E-state index >= 15 is 0 Å². The smallest absolute Gasteiger partial charge is 0.388 e. The van der Waals surface area contributed by atoms with Gasteiger partial charge in [-0.25, -0.2) is 0 Å². The van der Waals surface area contributed by atoms with Crippen molar-refractivity contribution in [1.29, 1.82) is 0 Å². The molecule has 0 aliphatic carbocycles. The van der Waals surface area contributed by atoms with Gasteiger partial charge in [0, 0.05) is 51.9 Å². The Morgan fingerprint density at radius 2 is 1.78 bits per heavy atom. The van der Waals surface area contributed by atoms with E-state index in [1.54, 1.807) is 4.90 Å². The van der Waals surface area contributed by atoms with E-state index in [-0.39, 0.29) is 43.7 Å². The number of hydrogen-bond acceptors (Lipinski definition) is 6. The van der Waals surface area contributed by atoms with E-state index in [2.05, 4.69) is 0 Å². The van der Waals surface area contributed by atoms with Gasteiger partial charge in [-0.3, -0.25) is 9.59 Å². The Morgan fingerprint density at radius 1 is 1.14 bits per heavy atom. The van der Waals surface area contributed by atoms with Crippen molar-refractivity contribution >= 4 is 11.8 Å². The Hall–Kier alpha value is -2.21. The summed E-state index contributed by atoms with van der Waals surface area (Å²) < 4.78 is 50.0. The third kappa shape index (κ3) is 9.24. The lowest BCUT2D eigenvalue weighted by atomic mass is 9.99. The van der Waals surface area contributed by atoms with Crippen LogP contribution in [0.25, 0.3) is 0 Å². The van der Waals surface area contributed by atoms with E-state index in [0.717, 1.165) is 12.1 Å². The van der Waals surface area contributed by atoms with Gasteiger partial charge in [-0.15, -0.1) is 0 Å². The molecule has 0 radical (unpaired) electrons. The molecule has 0 aromatic heterocycles. The summed E-state index contributed by atoms with van der Waals surface area (Å²) in [6.07, 6.45) is -6.28. The third-order valence-electron chi connectivity index (χ3n) is 6.49. The number of carbonyl (C=O) groups excluding carboxylic acids is 2. The fourth-order valence-corrected chi connectivity index (χ4v) is 4.42. The molecule has 11 heteroatoms. The van der Waals surface area contributed by atoms with E-state index in [0.29, 0.717) is 25.8 Å².